The molecular formula is C41H80N2O11. The zero-order valence-corrected chi connectivity index (χ0v) is 34.3. The van der Waals surface area contributed by atoms with Gasteiger partial charge >= 0.3 is 0 Å². The number of ether oxygens (including phenoxy) is 4. The minimum absolute atomic E-state index is 0.0512. The van der Waals surface area contributed by atoms with Gasteiger partial charge in [0.25, 0.3) is 0 Å². The summed E-state index contributed by atoms with van der Waals surface area (Å²) >= 11 is 0. The fourth-order valence-electron chi connectivity index (χ4n) is 6.99. The Morgan fingerprint density at radius 2 is 1.17 bits per heavy atom. The minimum atomic E-state index is -1.64. The van der Waals surface area contributed by atoms with Crippen LogP contribution in [0.5, 0.6) is 0 Å². The van der Waals surface area contributed by atoms with Gasteiger partial charge < -0.3 is 54.7 Å². The van der Waals surface area contributed by atoms with Crippen molar-refractivity contribution in [3.05, 3.63) is 0 Å². The lowest BCUT2D eigenvalue weighted by molar-refractivity contribution is -0.304. The highest BCUT2D eigenvalue weighted by molar-refractivity contribution is 5.85. The van der Waals surface area contributed by atoms with Crippen molar-refractivity contribution < 1.29 is 54.1 Å². The van der Waals surface area contributed by atoms with Crippen LogP contribution in [-0.4, -0.2) is 132 Å². The zero-order chi connectivity index (χ0) is 40.0. The van der Waals surface area contributed by atoms with Crippen LogP contribution in [0.25, 0.3) is 0 Å². The molecule has 320 valence electrons. The second-order valence-corrected chi connectivity index (χ2v) is 15.1. The van der Waals surface area contributed by atoms with Crippen LogP contribution in [0.3, 0.4) is 0 Å². The van der Waals surface area contributed by atoms with Gasteiger partial charge in [-0.05, 0) is 12.8 Å². The molecular weight excluding hydrogens is 696 g/mol. The van der Waals surface area contributed by atoms with Gasteiger partial charge in [-0.25, -0.2) is 0 Å². The Hall–Kier alpha value is -1.42. The second kappa shape index (κ2) is 32.6. The first kappa shape index (κ1) is 50.6. The molecule has 1 aliphatic heterocycles. The molecule has 0 aromatic heterocycles. The molecule has 1 fully saturated rings. The van der Waals surface area contributed by atoms with Crippen LogP contribution in [0.1, 0.15) is 162 Å². The summed E-state index contributed by atoms with van der Waals surface area (Å²) < 4.78 is 21.5. The largest absolute Gasteiger partial charge is 0.394 e. The first-order valence-electron chi connectivity index (χ1n) is 21.4. The first-order valence-corrected chi connectivity index (χ1v) is 21.4. The maximum atomic E-state index is 13.6. The Bertz CT molecular complexity index is 910. The van der Waals surface area contributed by atoms with Crippen LogP contribution >= 0.6 is 0 Å². The highest BCUT2D eigenvalue weighted by Gasteiger charge is 2.44. The normalized spacial score (nSPS) is 21.3. The highest BCUT2D eigenvalue weighted by Crippen LogP contribution is 2.24. The molecule has 1 saturated heterocycles. The van der Waals surface area contributed by atoms with Crippen LogP contribution in [0.15, 0.2) is 0 Å². The summed E-state index contributed by atoms with van der Waals surface area (Å²) in [5, 5.41) is 54.0. The Kier molecular flexibility index (Phi) is 30.6. The SMILES string of the molecule is CCCCCCCCCCCCCCCCCCCCCCCC(=O)N(CC(=O)NCC(OC)OC)[C@@H](CO[C@H]1OC(CO)[C@H](O)C(O)C1O)[C@H](O)CC. The van der Waals surface area contributed by atoms with Crippen LogP contribution in [-0.2, 0) is 28.5 Å². The van der Waals surface area contributed by atoms with Crippen LogP contribution < -0.4 is 5.32 Å². The number of carbonyl (C=O) groups is 2. The van der Waals surface area contributed by atoms with Crippen molar-refractivity contribution in [3.8, 4) is 0 Å². The zero-order valence-electron chi connectivity index (χ0n) is 34.3. The Morgan fingerprint density at radius 3 is 1.59 bits per heavy atom. The number of amides is 2. The number of carbonyl (C=O) groups excluding carboxylic acids is 2. The van der Waals surface area contributed by atoms with Crippen molar-refractivity contribution in [2.75, 3.05) is 40.5 Å². The van der Waals surface area contributed by atoms with Crippen molar-refractivity contribution in [2.45, 2.75) is 211 Å². The van der Waals surface area contributed by atoms with E-state index in [0.29, 0.717) is 6.42 Å². The lowest BCUT2D eigenvalue weighted by Gasteiger charge is -2.41. The monoisotopic (exact) mass is 777 g/mol. The lowest BCUT2D eigenvalue weighted by atomic mass is 9.99. The van der Waals surface area contributed by atoms with E-state index in [0.717, 1.165) is 19.3 Å². The number of aliphatic hydroxyl groups is 5. The molecule has 0 aromatic rings. The summed E-state index contributed by atoms with van der Waals surface area (Å²) in [6.45, 7) is 2.73. The van der Waals surface area contributed by atoms with E-state index in [-0.39, 0.29) is 38.4 Å². The van der Waals surface area contributed by atoms with E-state index in [1.807, 2.05) is 0 Å². The van der Waals surface area contributed by atoms with E-state index >= 15 is 0 Å². The fourth-order valence-corrected chi connectivity index (χ4v) is 6.99. The van der Waals surface area contributed by atoms with Gasteiger partial charge in [0.05, 0.1) is 31.9 Å². The highest BCUT2D eigenvalue weighted by atomic mass is 16.7. The summed E-state index contributed by atoms with van der Waals surface area (Å²) in [5.74, 6) is -0.810. The maximum Gasteiger partial charge on any atom is 0.239 e. The third-order valence-corrected chi connectivity index (χ3v) is 10.7. The molecule has 54 heavy (non-hydrogen) atoms. The van der Waals surface area contributed by atoms with E-state index in [1.54, 1.807) is 6.92 Å². The molecule has 7 atom stereocenters. The first-order chi connectivity index (χ1) is 26.1. The summed E-state index contributed by atoms with van der Waals surface area (Å²) in [4.78, 5) is 27.9. The summed E-state index contributed by atoms with van der Waals surface area (Å²) in [5.41, 5.74) is 0. The quantitative estimate of drug-likeness (QED) is 0.0371. The number of unbranched alkanes of at least 4 members (excludes halogenated alkanes) is 20. The summed E-state index contributed by atoms with van der Waals surface area (Å²) in [7, 11) is 2.89. The average Bonchev–Trinajstić information content (AvgIpc) is 3.17. The van der Waals surface area contributed by atoms with Crippen molar-refractivity contribution in [1.82, 2.24) is 10.2 Å². The lowest BCUT2D eigenvalue weighted by Crippen LogP contribution is -2.60. The van der Waals surface area contributed by atoms with E-state index in [4.69, 9.17) is 18.9 Å². The average molecular weight is 777 g/mol. The molecule has 3 unspecified atom stereocenters. The van der Waals surface area contributed by atoms with E-state index < -0.39 is 61.7 Å². The molecule has 1 aliphatic rings. The third kappa shape index (κ3) is 21.8. The fraction of sp³-hybridized carbons (Fsp3) is 0.951. The molecule has 13 heteroatoms. The second-order valence-electron chi connectivity index (χ2n) is 15.1. The standard InChI is InChI=1S/C41H80N2O11/c1-5-7-8-9-10-11-12-13-14-15-16-17-18-19-20-21-22-23-24-25-26-27-36(47)43(29-35(46)42-28-37(51-3)52-4)32(33(45)6-2)31-53-41-40(50)39(49)38(48)34(30-44)54-41/h32-34,37-41,44-45,48-50H,5-31H2,1-4H3,(H,42,46)/t32-,33+,34?,38-,39?,40?,41-/m0/s1. The van der Waals surface area contributed by atoms with Crippen LogP contribution in [0, 0.1) is 0 Å². The summed E-state index contributed by atoms with van der Waals surface area (Å²) in [6.07, 6.45) is 17.8. The van der Waals surface area contributed by atoms with E-state index in [1.165, 1.54) is 128 Å². The predicted octanol–water partition coefficient (Wildman–Crippen LogP) is 5.11. The maximum absolute atomic E-state index is 13.6. The number of hydrogen-bond acceptors (Lipinski definition) is 11. The number of nitrogens with zero attached hydrogens (tertiary/aromatic N) is 1. The van der Waals surface area contributed by atoms with Gasteiger partial charge in [-0.1, -0.05) is 142 Å². The third-order valence-electron chi connectivity index (χ3n) is 10.7. The van der Waals surface area contributed by atoms with Gasteiger partial charge in [0, 0.05) is 20.6 Å². The van der Waals surface area contributed by atoms with Gasteiger partial charge in [-0.2, -0.15) is 0 Å². The topological polar surface area (TPSA) is 187 Å². The number of methoxy groups -OCH3 is 2. The van der Waals surface area contributed by atoms with Gasteiger partial charge in [0.1, 0.15) is 31.0 Å². The van der Waals surface area contributed by atoms with Crippen molar-refractivity contribution >= 4 is 11.8 Å². The van der Waals surface area contributed by atoms with Crippen molar-refractivity contribution in [3.63, 3.8) is 0 Å². The predicted molar refractivity (Wildman–Crippen MR) is 210 cm³/mol. The van der Waals surface area contributed by atoms with Crippen LogP contribution in [0.4, 0.5) is 0 Å². The number of nitrogens with one attached hydrogen (secondary N) is 1. The van der Waals surface area contributed by atoms with Crippen LogP contribution in [0.2, 0.25) is 0 Å². The minimum Gasteiger partial charge on any atom is -0.394 e. The smallest absolute Gasteiger partial charge is 0.239 e. The van der Waals surface area contributed by atoms with Crippen molar-refractivity contribution in [1.29, 1.82) is 0 Å². The Balaban J connectivity index is 2.48. The molecule has 1 rings (SSSR count). The van der Waals surface area contributed by atoms with E-state index in [2.05, 4.69) is 12.2 Å². The molecule has 0 spiro atoms. The van der Waals surface area contributed by atoms with Gasteiger partial charge in [0.15, 0.2) is 12.6 Å². The molecule has 0 saturated carbocycles. The molecule has 0 bridgehead atoms. The number of hydrogen-bond donors (Lipinski definition) is 6. The van der Waals surface area contributed by atoms with Gasteiger partial charge in [0.2, 0.25) is 11.8 Å². The molecule has 2 amide bonds. The Labute approximate surface area is 326 Å². The number of rotatable bonds is 35. The molecule has 1 heterocycles. The Morgan fingerprint density at radius 1 is 0.704 bits per heavy atom. The van der Waals surface area contributed by atoms with Gasteiger partial charge in [-0.3, -0.25) is 9.59 Å². The molecule has 0 radical (unpaired) electrons. The van der Waals surface area contributed by atoms with E-state index in [9.17, 15) is 35.1 Å². The number of aliphatic hydroxyl groups excluding tert-OH is 5. The van der Waals surface area contributed by atoms with Gasteiger partial charge in [-0.15, -0.1) is 0 Å². The molecule has 13 nitrogen and oxygen atoms in total. The molecule has 6 N–H and O–H groups in total. The summed E-state index contributed by atoms with van der Waals surface area (Å²) in [6, 6.07) is -0.990. The molecule has 0 aromatic carbocycles. The van der Waals surface area contributed by atoms with Crippen molar-refractivity contribution in [2.24, 2.45) is 0 Å². The molecule has 0 aliphatic carbocycles.